The zero-order valence-corrected chi connectivity index (χ0v) is 16.6. The number of unbranched alkanes of at least 4 members (excludes halogenated alkanes) is 1. The molecule has 9 heteroatoms. The predicted octanol–water partition coefficient (Wildman–Crippen LogP) is 3.59. The van der Waals surface area contributed by atoms with Crippen LogP contribution in [0.4, 0.5) is 0 Å². The van der Waals surface area contributed by atoms with Gasteiger partial charge in [-0.25, -0.2) is 9.78 Å². The minimum absolute atomic E-state index is 0.112. The number of halogens is 2. The van der Waals surface area contributed by atoms with Crippen LogP contribution >= 0.6 is 23.2 Å². The molecular formula is C18H20Cl2N4O3. The normalized spacial score (nSPS) is 11.3. The number of nitrogens with one attached hydrogen (secondary N) is 1. The van der Waals surface area contributed by atoms with Crippen molar-refractivity contribution in [3.63, 3.8) is 0 Å². The van der Waals surface area contributed by atoms with Crippen LogP contribution in [-0.2, 0) is 19.7 Å². The van der Waals surface area contributed by atoms with Crippen molar-refractivity contribution in [3.05, 3.63) is 54.9 Å². The van der Waals surface area contributed by atoms with Crippen molar-refractivity contribution in [1.29, 1.82) is 0 Å². The SMILES string of the molecule is CCCCn1c(=O)[nH]c(=O)c2c1nc(COc1cc(Cl)cc(Cl)c1)n2CC. The number of hydrogen-bond acceptors (Lipinski definition) is 4. The van der Waals surface area contributed by atoms with Gasteiger partial charge in [0, 0.05) is 23.1 Å². The molecule has 0 aliphatic carbocycles. The quantitative estimate of drug-likeness (QED) is 0.644. The highest BCUT2D eigenvalue weighted by atomic mass is 35.5. The molecule has 2 aromatic heterocycles. The van der Waals surface area contributed by atoms with Crippen molar-refractivity contribution >= 4 is 34.4 Å². The molecule has 3 rings (SSSR count). The molecule has 0 amide bonds. The van der Waals surface area contributed by atoms with Gasteiger partial charge >= 0.3 is 5.69 Å². The highest BCUT2D eigenvalue weighted by Gasteiger charge is 2.18. The van der Waals surface area contributed by atoms with Crippen LogP contribution in [0.1, 0.15) is 32.5 Å². The predicted molar refractivity (Wildman–Crippen MR) is 106 cm³/mol. The van der Waals surface area contributed by atoms with Crippen molar-refractivity contribution in [2.75, 3.05) is 0 Å². The minimum atomic E-state index is -0.450. The summed E-state index contributed by atoms with van der Waals surface area (Å²) in [5, 5.41) is 0.928. The molecule has 0 atom stereocenters. The second kappa shape index (κ2) is 8.19. The van der Waals surface area contributed by atoms with E-state index in [1.807, 2.05) is 13.8 Å². The highest BCUT2D eigenvalue weighted by Crippen LogP contribution is 2.25. The van der Waals surface area contributed by atoms with Crippen molar-refractivity contribution in [3.8, 4) is 5.75 Å². The summed E-state index contributed by atoms with van der Waals surface area (Å²) in [7, 11) is 0. The van der Waals surface area contributed by atoms with Crippen molar-refractivity contribution in [1.82, 2.24) is 19.1 Å². The number of aromatic amines is 1. The zero-order valence-electron chi connectivity index (χ0n) is 15.1. The average molecular weight is 411 g/mol. The van der Waals surface area contributed by atoms with E-state index in [9.17, 15) is 9.59 Å². The Morgan fingerprint density at radius 2 is 1.81 bits per heavy atom. The molecule has 0 saturated heterocycles. The zero-order chi connectivity index (χ0) is 19.6. The number of nitrogens with zero attached hydrogens (tertiary/aromatic N) is 3. The van der Waals surface area contributed by atoms with Gasteiger partial charge in [0.1, 0.15) is 18.2 Å². The van der Waals surface area contributed by atoms with Crippen LogP contribution in [0, 0.1) is 0 Å². The van der Waals surface area contributed by atoms with E-state index < -0.39 is 11.2 Å². The van der Waals surface area contributed by atoms with E-state index in [1.54, 1.807) is 22.8 Å². The summed E-state index contributed by atoms with van der Waals surface area (Å²) < 4.78 is 9.02. The van der Waals surface area contributed by atoms with Gasteiger partial charge in [0.2, 0.25) is 0 Å². The molecule has 0 saturated carbocycles. The molecule has 7 nitrogen and oxygen atoms in total. The third kappa shape index (κ3) is 4.04. The van der Waals surface area contributed by atoms with Gasteiger partial charge in [-0.1, -0.05) is 36.5 Å². The lowest BCUT2D eigenvalue weighted by atomic mass is 10.3. The van der Waals surface area contributed by atoms with Crippen LogP contribution in [0.2, 0.25) is 10.0 Å². The molecule has 0 fully saturated rings. The van der Waals surface area contributed by atoms with Crippen LogP contribution in [0.25, 0.3) is 11.2 Å². The van der Waals surface area contributed by atoms with Gasteiger partial charge in [-0.15, -0.1) is 0 Å². The second-order valence-corrected chi connectivity index (χ2v) is 6.98. The van der Waals surface area contributed by atoms with E-state index in [0.717, 1.165) is 12.8 Å². The summed E-state index contributed by atoms with van der Waals surface area (Å²) in [4.78, 5) is 31.5. The summed E-state index contributed by atoms with van der Waals surface area (Å²) in [5.74, 6) is 1.05. The summed E-state index contributed by atoms with van der Waals surface area (Å²) in [6, 6.07) is 4.91. The van der Waals surface area contributed by atoms with E-state index in [1.165, 1.54) is 4.57 Å². The van der Waals surface area contributed by atoms with Gasteiger partial charge in [-0.3, -0.25) is 14.3 Å². The van der Waals surface area contributed by atoms with Gasteiger partial charge in [0.05, 0.1) is 0 Å². The number of aromatic nitrogens is 4. The summed E-state index contributed by atoms with van der Waals surface area (Å²) >= 11 is 12.0. The number of imidazole rings is 1. The molecule has 1 N–H and O–H groups in total. The van der Waals surface area contributed by atoms with Crippen LogP contribution in [0.5, 0.6) is 5.75 Å². The summed E-state index contributed by atoms with van der Waals surface area (Å²) in [6.07, 6.45) is 1.74. The van der Waals surface area contributed by atoms with Gasteiger partial charge in [-0.05, 0) is 31.5 Å². The van der Waals surface area contributed by atoms with Gasteiger partial charge < -0.3 is 9.30 Å². The molecule has 0 bridgehead atoms. The fraction of sp³-hybridized carbons (Fsp3) is 0.389. The minimum Gasteiger partial charge on any atom is -0.486 e. The van der Waals surface area contributed by atoms with Crippen molar-refractivity contribution < 1.29 is 4.74 Å². The van der Waals surface area contributed by atoms with Gasteiger partial charge in [0.15, 0.2) is 11.2 Å². The average Bonchev–Trinajstić information content (AvgIpc) is 2.98. The number of aryl methyl sites for hydroxylation is 2. The van der Waals surface area contributed by atoms with E-state index in [-0.39, 0.29) is 6.61 Å². The third-order valence-electron chi connectivity index (χ3n) is 4.22. The first kappa shape index (κ1) is 19.5. The van der Waals surface area contributed by atoms with Gasteiger partial charge in [-0.2, -0.15) is 0 Å². The second-order valence-electron chi connectivity index (χ2n) is 6.10. The van der Waals surface area contributed by atoms with Crippen molar-refractivity contribution in [2.45, 2.75) is 46.4 Å². The Kier molecular flexibility index (Phi) is 5.92. The molecule has 0 spiro atoms. The van der Waals surface area contributed by atoms with E-state index in [0.29, 0.717) is 45.9 Å². The number of fused-ring (bicyclic) bond motifs is 1. The number of ether oxygens (including phenoxy) is 1. The first-order valence-corrected chi connectivity index (χ1v) is 9.51. The topological polar surface area (TPSA) is 81.9 Å². The van der Waals surface area contributed by atoms with Crippen LogP contribution in [0.15, 0.2) is 27.8 Å². The largest absolute Gasteiger partial charge is 0.486 e. The maximum absolute atomic E-state index is 12.4. The lowest BCUT2D eigenvalue weighted by molar-refractivity contribution is 0.290. The van der Waals surface area contributed by atoms with Crippen LogP contribution in [-0.4, -0.2) is 19.1 Å². The third-order valence-corrected chi connectivity index (χ3v) is 4.66. The Labute approximate surface area is 165 Å². The van der Waals surface area contributed by atoms with Gasteiger partial charge in [0.25, 0.3) is 5.56 Å². The molecule has 144 valence electrons. The lowest BCUT2D eigenvalue weighted by Crippen LogP contribution is -2.31. The Bertz CT molecular complexity index is 1060. The summed E-state index contributed by atoms with van der Waals surface area (Å²) in [6.45, 7) is 5.06. The monoisotopic (exact) mass is 410 g/mol. The van der Waals surface area contributed by atoms with Crippen LogP contribution < -0.4 is 16.0 Å². The van der Waals surface area contributed by atoms with E-state index >= 15 is 0 Å². The Hall–Kier alpha value is -2.25. The molecule has 3 aromatic rings. The standard InChI is InChI=1S/C18H20Cl2N4O3/c1-3-5-6-24-16-15(17(25)22-18(24)26)23(4-2)14(21-16)10-27-13-8-11(19)7-12(20)9-13/h7-9H,3-6,10H2,1-2H3,(H,22,25,26). The van der Waals surface area contributed by atoms with Crippen molar-refractivity contribution in [2.24, 2.45) is 0 Å². The van der Waals surface area contributed by atoms with E-state index in [2.05, 4.69) is 9.97 Å². The molecule has 2 heterocycles. The molecule has 27 heavy (non-hydrogen) atoms. The smallest absolute Gasteiger partial charge is 0.330 e. The molecule has 0 unspecified atom stereocenters. The highest BCUT2D eigenvalue weighted by molar-refractivity contribution is 6.34. The maximum Gasteiger partial charge on any atom is 0.330 e. The Morgan fingerprint density at radius 3 is 2.44 bits per heavy atom. The van der Waals surface area contributed by atoms with Crippen LogP contribution in [0.3, 0.4) is 0 Å². The Morgan fingerprint density at radius 1 is 1.11 bits per heavy atom. The number of rotatable bonds is 7. The molecular weight excluding hydrogens is 391 g/mol. The molecule has 1 aromatic carbocycles. The number of H-pyrrole nitrogens is 1. The van der Waals surface area contributed by atoms with E-state index in [4.69, 9.17) is 27.9 Å². The molecule has 0 radical (unpaired) electrons. The fourth-order valence-electron chi connectivity index (χ4n) is 2.95. The first-order valence-electron chi connectivity index (χ1n) is 8.75. The summed E-state index contributed by atoms with van der Waals surface area (Å²) in [5.41, 5.74) is -0.150. The lowest BCUT2D eigenvalue weighted by Gasteiger charge is -2.08. The number of hydrogen-bond donors (Lipinski definition) is 1. The molecule has 0 aliphatic heterocycles. The maximum atomic E-state index is 12.4. The Balaban J connectivity index is 2.03. The molecule has 0 aliphatic rings. The first-order chi connectivity index (χ1) is 12.9. The number of benzene rings is 1. The fourth-order valence-corrected chi connectivity index (χ4v) is 3.46.